The second kappa shape index (κ2) is 10.7. The Bertz CT molecular complexity index is 558. The van der Waals surface area contributed by atoms with Gasteiger partial charge < -0.3 is 34.3 Å². The van der Waals surface area contributed by atoms with Crippen LogP contribution in [0.3, 0.4) is 0 Å². The van der Waals surface area contributed by atoms with Gasteiger partial charge in [-0.2, -0.15) is 17.2 Å². The standard InChI is InChI=1S/La.Nd.H7O16P5/c;;1-17(2,3)13-19(7,8)15-21(11,12)16-20(9,10)14-18(4,5)6/h;;(H,7,8)(H,9,10)(H,11,12)(H2,1,2,3)(H2,4,5,6). The Balaban J connectivity index is -0.00000200. The van der Waals surface area contributed by atoms with Gasteiger partial charge in [0.25, 0.3) is 0 Å². The van der Waals surface area contributed by atoms with Crippen LogP contribution in [0.4, 0.5) is 0 Å². The van der Waals surface area contributed by atoms with Crippen LogP contribution in [0.1, 0.15) is 0 Å². The smallest absolute Gasteiger partial charge is 0.302 e. The quantitative estimate of drug-likeness (QED) is 0.158. The summed E-state index contributed by atoms with van der Waals surface area (Å²) in [6.45, 7) is 0. The molecule has 1 radical (unpaired) electrons. The van der Waals surface area contributed by atoms with Crippen LogP contribution < -0.4 is 0 Å². The molecule has 0 saturated heterocycles. The van der Waals surface area contributed by atoms with Crippen molar-refractivity contribution in [3.63, 3.8) is 0 Å². The summed E-state index contributed by atoms with van der Waals surface area (Å²) in [6.07, 6.45) is 0. The van der Waals surface area contributed by atoms with Crippen LogP contribution in [0.2, 0.25) is 0 Å². The van der Waals surface area contributed by atoms with Crippen LogP contribution in [-0.4, -0.2) is 34.3 Å². The topological polar surface area (TPSA) is 264 Å². The van der Waals surface area contributed by atoms with Gasteiger partial charge in [0, 0.05) is 76.4 Å². The molecule has 0 aromatic carbocycles. The summed E-state index contributed by atoms with van der Waals surface area (Å²) in [7, 11) is -29.3. The predicted molar refractivity (Wildman–Crippen MR) is 57.9 cm³/mol. The molecule has 0 fully saturated rings. The van der Waals surface area contributed by atoms with Crippen LogP contribution in [-0.2, 0) is 40.1 Å². The van der Waals surface area contributed by atoms with Crippen molar-refractivity contribution >= 4 is 39.1 Å². The number of hydrogen-bond acceptors (Lipinski definition) is 9. The molecular formula is H7LaNdO16P5. The van der Waals surface area contributed by atoms with Crippen molar-refractivity contribution in [3.8, 4) is 0 Å². The zero-order valence-electron chi connectivity index (χ0n) is 10.1. The third kappa shape index (κ3) is 18.4. The Labute approximate surface area is 187 Å². The van der Waals surface area contributed by atoms with Gasteiger partial charge in [0.05, 0.1) is 0 Å². The maximum Gasteiger partial charge on any atom is 0.490 e. The zero-order valence-corrected chi connectivity index (χ0v) is 21.4. The molecule has 0 saturated carbocycles. The van der Waals surface area contributed by atoms with Gasteiger partial charge in [-0.05, 0) is 0 Å². The SMILES string of the molecule is O=P(O)(O)OP(=O)(O)OP(=O)(O)OP(=O)(O)OP(=O)(O)O.[La].[Nd]. The Morgan fingerprint density at radius 2 is 0.652 bits per heavy atom. The van der Waals surface area contributed by atoms with E-state index in [0.717, 1.165) is 0 Å². The fraction of sp³-hybridized carbons (Fsp3) is 0. The summed E-state index contributed by atoms with van der Waals surface area (Å²) in [5.74, 6) is 0. The Morgan fingerprint density at radius 1 is 0.478 bits per heavy atom. The first-order chi connectivity index (χ1) is 8.83. The monoisotopic (exact) mass is 699 g/mol. The minimum Gasteiger partial charge on any atom is -0.302 e. The Kier molecular flexibility index (Phi) is 14.4. The third-order valence-electron chi connectivity index (χ3n) is 0.832. The molecule has 23 heavy (non-hydrogen) atoms. The molecule has 0 aromatic heterocycles. The van der Waals surface area contributed by atoms with E-state index in [1.165, 1.54) is 0 Å². The van der Waals surface area contributed by atoms with Crippen molar-refractivity contribution in [1.82, 2.24) is 0 Å². The van der Waals surface area contributed by atoms with Gasteiger partial charge in [-0.3, -0.25) is 0 Å². The van der Waals surface area contributed by atoms with E-state index in [0.29, 0.717) is 0 Å². The minimum absolute atomic E-state index is 0. The van der Waals surface area contributed by atoms with Gasteiger partial charge in [0.2, 0.25) is 0 Å². The molecule has 2 atom stereocenters. The minimum atomic E-state index is -6.07. The largest absolute Gasteiger partial charge is 0.490 e. The maximum atomic E-state index is 11.0. The van der Waals surface area contributed by atoms with Crippen molar-refractivity contribution in [2.75, 3.05) is 0 Å². The van der Waals surface area contributed by atoms with Gasteiger partial charge >= 0.3 is 39.1 Å². The molecule has 16 nitrogen and oxygen atoms in total. The molecule has 2 unspecified atom stereocenters. The van der Waals surface area contributed by atoms with Crippen molar-refractivity contribution in [2.45, 2.75) is 0 Å². The average Bonchev–Trinajstić information content (AvgIpc) is 1.83. The second-order valence-electron chi connectivity index (χ2n) is 2.71. The fourth-order valence-electron chi connectivity index (χ4n) is 0.574. The summed E-state index contributed by atoms with van der Waals surface area (Å²) < 4.78 is 65.6. The van der Waals surface area contributed by atoms with Gasteiger partial charge in [-0.25, -0.2) is 22.8 Å². The summed E-state index contributed by atoms with van der Waals surface area (Å²) in [5, 5.41) is 0. The van der Waals surface area contributed by atoms with Gasteiger partial charge in [0.1, 0.15) is 0 Å². The molecule has 0 aromatic rings. The molecule has 0 heterocycles. The van der Waals surface area contributed by atoms with E-state index in [-0.39, 0.29) is 76.4 Å². The summed E-state index contributed by atoms with van der Waals surface area (Å²) >= 11 is 0. The molecule has 135 valence electrons. The van der Waals surface area contributed by atoms with Crippen LogP contribution in [0.5, 0.6) is 0 Å². The average molecular weight is 701 g/mol. The van der Waals surface area contributed by atoms with Gasteiger partial charge in [-0.15, -0.1) is 0 Å². The van der Waals surface area contributed by atoms with Crippen molar-refractivity contribution < 1.29 is 151 Å². The van der Waals surface area contributed by atoms with Gasteiger partial charge in [-0.1, -0.05) is 0 Å². The Hall–Kier alpha value is 3.26. The molecule has 0 aliphatic rings. The van der Waals surface area contributed by atoms with Gasteiger partial charge in [0.15, 0.2) is 0 Å². The van der Waals surface area contributed by atoms with Crippen molar-refractivity contribution in [2.24, 2.45) is 0 Å². The second-order valence-corrected chi connectivity index (χ2v) is 10.1. The molecule has 7 N–H and O–H groups in total. The van der Waals surface area contributed by atoms with E-state index >= 15 is 0 Å². The zero-order chi connectivity index (χ0) is 17.3. The van der Waals surface area contributed by atoms with E-state index in [1.807, 2.05) is 0 Å². The molecule has 0 aliphatic carbocycles. The van der Waals surface area contributed by atoms with E-state index in [1.54, 1.807) is 0 Å². The first-order valence-corrected chi connectivity index (χ1v) is 11.3. The van der Waals surface area contributed by atoms with Crippen LogP contribution in [0, 0.1) is 76.4 Å². The van der Waals surface area contributed by atoms with E-state index in [9.17, 15) is 22.8 Å². The van der Waals surface area contributed by atoms with E-state index in [4.69, 9.17) is 34.3 Å². The first kappa shape index (κ1) is 31.0. The third-order valence-corrected chi connectivity index (χ3v) is 7.49. The summed E-state index contributed by atoms with van der Waals surface area (Å²) in [4.78, 5) is 58.7. The van der Waals surface area contributed by atoms with Crippen molar-refractivity contribution in [1.29, 1.82) is 0 Å². The molecule has 0 aliphatic heterocycles. The van der Waals surface area contributed by atoms with Crippen LogP contribution in [0.25, 0.3) is 0 Å². The molecule has 0 bridgehead atoms. The van der Waals surface area contributed by atoms with Crippen LogP contribution in [0.15, 0.2) is 0 Å². The number of rotatable bonds is 8. The van der Waals surface area contributed by atoms with E-state index < -0.39 is 39.1 Å². The van der Waals surface area contributed by atoms with Crippen molar-refractivity contribution in [3.05, 3.63) is 0 Å². The van der Waals surface area contributed by atoms with E-state index in [2.05, 4.69) is 17.2 Å². The van der Waals surface area contributed by atoms with Crippen LogP contribution >= 0.6 is 39.1 Å². The maximum absolute atomic E-state index is 11.0. The summed E-state index contributed by atoms with van der Waals surface area (Å²) in [6, 6.07) is 0. The predicted octanol–water partition coefficient (Wildman–Crippen LogP) is -0.461. The molecule has 0 rings (SSSR count). The molecule has 0 amide bonds. The molecular weight excluding hydrogens is 694 g/mol. The molecule has 0 spiro atoms. The normalized spacial score (nSPS) is 20.1. The first-order valence-electron chi connectivity index (χ1n) is 3.77. The summed E-state index contributed by atoms with van der Waals surface area (Å²) in [5.41, 5.74) is 0. The number of hydrogen-bond donors (Lipinski definition) is 7. The fourth-order valence-corrected chi connectivity index (χ4v) is 5.97. The Morgan fingerprint density at radius 3 is 0.826 bits per heavy atom. The molecule has 23 heteroatoms. The number of phosphoric acid groups is 5.